The van der Waals surface area contributed by atoms with Gasteiger partial charge in [-0.05, 0) is 29.7 Å². The van der Waals surface area contributed by atoms with E-state index in [1.165, 1.54) is 0 Å². The quantitative estimate of drug-likeness (QED) is 0.818. The normalized spacial score (nSPS) is 11.7. The number of hydrogen-bond donors (Lipinski definition) is 2. The second-order valence-electron chi connectivity index (χ2n) is 5.33. The van der Waals surface area contributed by atoms with E-state index in [0.29, 0.717) is 18.0 Å². The van der Waals surface area contributed by atoms with Gasteiger partial charge in [0.25, 0.3) is 0 Å². The summed E-state index contributed by atoms with van der Waals surface area (Å²) >= 11 is 5.81. The molecule has 23 heavy (non-hydrogen) atoms. The standard InChI is InChI=1S/C18H18ClNO3/c19-16-8-6-13(7-9-16)10-15(18(22)23)11-17(21)20-12-14-4-2-1-3-5-14/h1-9,15H,10-12H2,(H,20,21)(H,22,23)/t15-/m0/s1. The Balaban J connectivity index is 1.89. The van der Waals surface area contributed by atoms with Crippen LogP contribution in [-0.4, -0.2) is 17.0 Å². The van der Waals surface area contributed by atoms with Gasteiger partial charge in [0.2, 0.25) is 5.91 Å². The fourth-order valence-corrected chi connectivity index (χ4v) is 2.37. The van der Waals surface area contributed by atoms with E-state index in [9.17, 15) is 14.7 Å². The van der Waals surface area contributed by atoms with Crippen LogP contribution in [0, 0.1) is 5.92 Å². The Morgan fingerprint density at radius 3 is 2.26 bits per heavy atom. The van der Waals surface area contributed by atoms with Gasteiger partial charge in [-0.3, -0.25) is 9.59 Å². The number of nitrogens with one attached hydrogen (secondary N) is 1. The minimum Gasteiger partial charge on any atom is -0.481 e. The van der Waals surface area contributed by atoms with E-state index in [2.05, 4.69) is 5.32 Å². The summed E-state index contributed by atoms with van der Waals surface area (Å²) in [7, 11) is 0. The van der Waals surface area contributed by atoms with E-state index in [1.54, 1.807) is 24.3 Å². The first kappa shape index (κ1) is 17.0. The Morgan fingerprint density at radius 1 is 1.00 bits per heavy atom. The zero-order valence-corrected chi connectivity index (χ0v) is 13.3. The molecule has 0 saturated carbocycles. The van der Waals surface area contributed by atoms with Crippen molar-refractivity contribution >= 4 is 23.5 Å². The molecule has 2 aromatic rings. The molecule has 2 N–H and O–H groups in total. The molecule has 0 radical (unpaired) electrons. The third kappa shape index (κ3) is 5.75. The molecule has 0 aromatic heterocycles. The maximum absolute atomic E-state index is 12.0. The fourth-order valence-electron chi connectivity index (χ4n) is 2.24. The van der Waals surface area contributed by atoms with Crippen LogP contribution in [0.25, 0.3) is 0 Å². The van der Waals surface area contributed by atoms with E-state index in [0.717, 1.165) is 11.1 Å². The lowest BCUT2D eigenvalue weighted by molar-refractivity contribution is -0.144. The van der Waals surface area contributed by atoms with Crippen LogP contribution in [0.4, 0.5) is 0 Å². The minimum atomic E-state index is -0.977. The first-order valence-electron chi connectivity index (χ1n) is 7.32. The van der Waals surface area contributed by atoms with Crippen LogP contribution in [0.2, 0.25) is 5.02 Å². The number of carbonyl (C=O) groups excluding carboxylic acids is 1. The SMILES string of the molecule is O=C(C[C@H](Cc1ccc(Cl)cc1)C(=O)O)NCc1ccccc1. The molecule has 0 aliphatic carbocycles. The highest BCUT2D eigenvalue weighted by atomic mass is 35.5. The average molecular weight is 332 g/mol. The molecular weight excluding hydrogens is 314 g/mol. The van der Waals surface area contributed by atoms with Gasteiger partial charge in [-0.25, -0.2) is 0 Å². The first-order chi connectivity index (χ1) is 11.0. The second kappa shape index (κ2) is 8.34. The van der Waals surface area contributed by atoms with Gasteiger partial charge in [-0.2, -0.15) is 0 Å². The van der Waals surface area contributed by atoms with Gasteiger partial charge in [0.05, 0.1) is 5.92 Å². The number of benzene rings is 2. The topological polar surface area (TPSA) is 66.4 Å². The minimum absolute atomic E-state index is 0.0508. The van der Waals surface area contributed by atoms with E-state index in [4.69, 9.17) is 11.6 Å². The second-order valence-corrected chi connectivity index (χ2v) is 5.77. The Labute approximate surface area is 140 Å². The maximum atomic E-state index is 12.0. The molecule has 2 rings (SSSR count). The van der Waals surface area contributed by atoms with Gasteiger partial charge in [0.1, 0.15) is 0 Å². The lowest BCUT2D eigenvalue weighted by Gasteiger charge is -2.13. The zero-order valence-electron chi connectivity index (χ0n) is 12.5. The predicted octanol–water partition coefficient (Wildman–Crippen LogP) is 3.29. The molecule has 0 unspecified atom stereocenters. The molecule has 4 nitrogen and oxygen atoms in total. The Hall–Kier alpha value is -2.33. The molecule has 0 aliphatic rings. The van der Waals surface area contributed by atoms with Crippen LogP contribution >= 0.6 is 11.6 Å². The van der Waals surface area contributed by atoms with E-state index >= 15 is 0 Å². The van der Waals surface area contributed by atoms with Crippen LogP contribution < -0.4 is 5.32 Å². The summed E-state index contributed by atoms with van der Waals surface area (Å²) in [5.74, 6) is -2.00. The summed E-state index contributed by atoms with van der Waals surface area (Å²) < 4.78 is 0. The van der Waals surface area contributed by atoms with Gasteiger partial charge in [0.15, 0.2) is 0 Å². The number of halogens is 1. The third-order valence-electron chi connectivity index (χ3n) is 3.51. The fraction of sp³-hybridized carbons (Fsp3) is 0.222. The molecule has 0 heterocycles. The van der Waals surface area contributed by atoms with E-state index in [-0.39, 0.29) is 12.3 Å². The summed E-state index contributed by atoms with van der Waals surface area (Å²) in [6.07, 6.45) is 0.246. The lowest BCUT2D eigenvalue weighted by atomic mass is 9.96. The van der Waals surface area contributed by atoms with Crippen molar-refractivity contribution in [3.63, 3.8) is 0 Å². The zero-order chi connectivity index (χ0) is 16.7. The Morgan fingerprint density at radius 2 is 1.65 bits per heavy atom. The number of aliphatic carboxylic acids is 1. The monoisotopic (exact) mass is 331 g/mol. The third-order valence-corrected chi connectivity index (χ3v) is 3.76. The van der Waals surface area contributed by atoms with Gasteiger partial charge in [-0.1, -0.05) is 54.1 Å². The molecule has 1 atom stereocenters. The Kier molecular flexibility index (Phi) is 6.18. The predicted molar refractivity (Wildman–Crippen MR) is 89.2 cm³/mol. The highest BCUT2D eigenvalue weighted by Gasteiger charge is 2.21. The Bertz CT molecular complexity index is 656. The number of carboxylic acid groups (broad SMARTS) is 1. The van der Waals surface area contributed by atoms with Crippen molar-refractivity contribution < 1.29 is 14.7 Å². The van der Waals surface area contributed by atoms with Gasteiger partial charge in [-0.15, -0.1) is 0 Å². The molecule has 2 aromatic carbocycles. The number of carboxylic acids is 1. The highest BCUT2D eigenvalue weighted by molar-refractivity contribution is 6.30. The van der Waals surface area contributed by atoms with Crippen LogP contribution in [0.3, 0.4) is 0 Å². The highest BCUT2D eigenvalue weighted by Crippen LogP contribution is 2.16. The molecular formula is C18H18ClNO3. The van der Waals surface area contributed by atoms with Crippen LogP contribution in [-0.2, 0) is 22.6 Å². The van der Waals surface area contributed by atoms with Gasteiger partial charge in [0, 0.05) is 18.0 Å². The van der Waals surface area contributed by atoms with Crippen molar-refractivity contribution in [2.45, 2.75) is 19.4 Å². The van der Waals surface area contributed by atoms with Crippen molar-refractivity contribution in [3.8, 4) is 0 Å². The number of rotatable bonds is 7. The smallest absolute Gasteiger partial charge is 0.307 e. The molecule has 0 fully saturated rings. The summed E-state index contributed by atoms with van der Waals surface area (Å²) in [5.41, 5.74) is 1.82. The summed E-state index contributed by atoms with van der Waals surface area (Å²) in [6.45, 7) is 0.396. The molecule has 120 valence electrons. The average Bonchev–Trinajstić information content (AvgIpc) is 2.55. The van der Waals surface area contributed by atoms with Gasteiger partial charge < -0.3 is 10.4 Å². The van der Waals surface area contributed by atoms with Crippen LogP contribution in [0.1, 0.15) is 17.5 Å². The molecule has 1 amide bonds. The molecule has 5 heteroatoms. The molecule has 0 bridgehead atoms. The van der Waals surface area contributed by atoms with Crippen molar-refractivity contribution in [1.82, 2.24) is 5.32 Å². The van der Waals surface area contributed by atoms with Crippen LogP contribution in [0.5, 0.6) is 0 Å². The maximum Gasteiger partial charge on any atom is 0.307 e. The number of amides is 1. The largest absolute Gasteiger partial charge is 0.481 e. The molecule has 0 aliphatic heterocycles. The number of hydrogen-bond acceptors (Lipinski definition) is 2. The molecule has 0 spiro atoms. The summed E-state index contributed by atoms with van der Waals surface area (Å²) in [4.78, 5) is 23.4. The van der Waals surface area contributed by atoms with Crippen LogP contribution in [0.15, 0.2) is 54.6 Å². The van der Waals surface area contributed by atoms with Crippen molar-refractivity contribution in [1.29, 1.82) is 0 Å². The van der Waals surface area contributed by atoms with E-state index < -0.39 is 11.9 Å². The van der Waals surface area contributed by atoms with Crippen molar-refractivity contribution in [2.75, 3.05) is 0 Å². The first-order valence-corrected chi connectivity index (χ1v) is 7.70. The van der Waals surface area contributed by atoms with Crippen molar-refractivity contribution in [3.05, 3.63) is 70.7 Å². The molecule has 0 saturated heterocycles. The van der Waals surface area contributed by atoms with E-state index in [1.807, 2.05) is 30.3 Å². The van der Waals surface area contributed by atoms with Crippen molar-refractivity contribution in [2.24, 2.45) is 5.92 Å². The van der Waals surface area contributed by atoms with Gasteiger partial charge >= 0.3 is 5.97 Å². The summed E-state index contributed by atoms with van der Waals surface area (Å²) in [6, 6.07) is 16.5. The summed E-state index contributed by atoms with van der Waals surface area (Å²) in [5, 5.41) is 12.7. The number of carbonyl (C=O) groups is 2. The lowest BCUT2D eigenvalue weighted by Crippen LogP contribution is -2.29.